The second-order valence-corrected chi connectivity index (χ2v) is 9.12. The number of Topliss-reactive ketones (excluding diaryl/α,β-unsaturated/α-hetero) is 1. The fourth-order valence-electron chi connectivity index (χ4n) is 4.11. The lowest BCUT2D eigenvalue weighted by Crippen LogP contribution is -2.29. The molecular formula is C27H25BrN2O5. The number of halogens is 1. The largest absolute Gasteiger partial charge is 0.507 e. The third-order valence-corrected chi connectivity index (χ3v) is 6.46. The summed E-state index contributed by atoms with van der Waals surface area (Å²) in [5.74, 6) is -0.823. The summed E-state index contributed by atoms with van der Waals surface area (Å²) in [4.78, 5) is 30.0. The predicted molar refractivity (Wildman–Crippen MR) is 139 cm³/mol. The van der Waals surface area contributed by atoms with Crippen LogP contribution in [0.2, 0.25) is 0 Å². The lowest BCUT2D eigenvalue weighted by molar-refractivity contribution is -0.132. The molecule has 1 atom stereocenters. The van der Waals surface area contributed by atoms with E-state index in [1.54, 1.807) is 42.5 Å². The zero-order valence-corrected chi connectivity index (χ0v) is 21.4. The van der Waals surface area contributed by atoms with Crippen molar-refractivity contribution in [3.05, 3.63) is 87.9 Å². The molecule has 8 heteroatoms. The first-order valence-corrected chi connectivity index (χ1v) is 11.6. The standard InChI is InChI=1S/C27H25BrN2O5/c1-29(2)19-11-7-16(8-12-19)24-23(25(31)17-5-9-18(28)10-6-17)26(32)27(33)30(24)20-13-14-21(34-3)22(15-20)35-4/h5-15,24,31H,1-4H3/b25-23+. The molecule has 0 spiro atoms. The number of carbonyl (C=O) groups is 2. The molecule has 3 aromatic rings. The third kappa shape index (κ3) is 4.49. The molecule has 0 radical (unpaired) electrons. The quantitative estimate of drug-likeness (QED) is 0.266. The van der Waals surface area contributed by atoms with Crippen molar-refractivity contribution in [1.82, 2.24) is 0 Å². The number of benzene rings is 3. The molecule has 180 valence electrons. The van der Waals surface area contributed by atoms with Gasteiger partial charge in [0.15, 0.2) is 11.5 Å². The maximum Gasteiger partial charge on any atom is 0.300 e. The van der Waals surface area contributed by atoms with Crippen LogP contribution in [0.5, 0.6) is 11.5 Å². The minimum absolute atomic E-state index is 0.0183. The van der Waals surface area contributed by atoms with Crippen LogP contribution in [0.1, 0.15) is 17.2 Å². The Hall–Kier alpha value is -3.78. The highest BCUT2D eigenvalue weighted by atomic mass is 79.9. The number of nitrogens with zero attached hydrogens (tertiary/aromatic N) is 2. The second-order valence-electron chi connectivity index (χ2n) is 8.20. The molecule has 3 aromatic carbocycles. The van der Waals surface area contributed by atoms with Gasteiger partial charge in [0, 0.05) is 41.6 Å². The van der Waals surface area contributed by atoms with Crippen molar-refractivity contribution in [2.24, 2.45) is 0 Å². The van der Waals surface area contributed by atoms with Gasteiger partial charge in [-0.2, -0.15) is 0 Å². The molecule has 4 rings (SSSR count). The molecule has 1 aliphatic heterocycles. The van der Waals surface area contributed by atoms with Crippen LogP contribution in [0.25, 0.3) is 5.76 Å². The van der Waals surface area contributed by atoms with E-state index < -0.39 is 17.7 Å². The second kappa shape index (κ2) is 9.84. The van der Waals surface area contributed by atoms with Crippen molar-refractivity contribution in [3.8, 4) is 11.5 Å². The summed E-state index contributed by atoms with van der Waals surface area (Å²) in [6, 6.07) is 18.6. The number of amides is 1. The first-order chi connectivity index (χ1) is 16.8. The zero-order chi connectivity index (χ0) is 25.3. The van der Waals surface area contributed by atoms with Crippen molar-refractivity contribution in [2.75, 3.05) is 38.1 Å². The van der Waals surface area contributed by atoms with Gasteiger partial charge in [0.1, 0.15) is 5.76 Å². The van der Waals surface area contributed by atoms with Gasteiger partial charge in [-0.1, -0.05) is 40.2 Å². The molecule has 35 heavy (non-hydrogen) atoms. The number of rotatable bonds is 6. The summed E-state index contributed by atoms with van der Waals surface area (Å²) in [5.41, 5.74) is 2.55. The first kappa shape index (κ1) is 24.3. The summed E-state index contributed by atoms with van der Waals surface area (Å²) < 4.78 is 11.6. The predicted octanol–water partition coefficient (Wildman–Crippen LogP) is 5.16. The molecule has 1 N–H and O–H groups in total. The van der Waals surface area contributed by atoms with Crippen molar-refractivity contribution in [3.63, 3.8) is 0 Å². The van der Waals surface area contributed by atoms with E-state index in [-0.39, 0.29) is 11.3 Å². The number of carbonyl (C=O) groups excluding carboxylic acids is 2. The Kier molecular flexibility index (Phi) is 6.84. The van der Waals surface area contributed by atoms with Gasteiger partial charge in [0.2, 0.25) is 0 Å². The average molecular weight is 537 g/mol. The molecule has 0 aromatic heterocycles. The summed E-state index contributed by atoms with van der Waals surface area (Å²) in [7, 11) is 6.88. The van der Waals surface area contributed by atoms with Gasteiger partial charge in [-0.15, -0.1) is 0 Å². The van der Waals surface area contributed by atoms with Crippen LogP contribution in [-0.4, -0.2) is 45.1 Å². The van der Waals surface area contributed by atoms with Crippen molar-refractivity contribution >= 4 is 44.8 Å². The number of aliphatic hydroxyl groups is 1. The van der Waals surface area contributed by atoms with Crippen molar-refractivity contribution in [1.29, 1.82) is 0 Å². The summed E-state index contributed by atoms with van der Waals surface area (Å²) >= 11 is 3.38. The number of hydrogen-bond donors (Lipinski definition) is 1. The van der Waals surface area contributed by atoms with E-state index in [1.165, 1.54) is 19.1 Å². The molecule has 7 nitrogen and oxygen atoms in total. The molecule has 0 aliphatic carbocycles. The number of anilines is 2. The topological polar surface area (TPSA) is 79.3 Å². The average Bonchev–Trinajstić information content (AvgIpc) is 3.13. The SMILES string of the molecule is COc1ccc(N2C(=O)C(=O)/C(=C(/O)c3ccc(Br)cc3)C2c2ccc(N(C)C)cc2)cc1OC. The summed E-state index contributed by atoms with van der Waals surface area (Å²) in [6.07, 6.45) is 0. The summed E-state index contributed by atoms with van der Waals surface area (Å²) in [5, 5.41) is 11.2. The fourth-order valence-corrected chi connectivity index (χ4v) is 4.37. The van der Waals surface area contributed by atoms with Gasteiger partial charge in [-0.25, -0.2) is 0 Å². The van der Waals surface area contributed by atoms with Crippen LogP contribution in [-0.2, 0) is 9.59 Å². The van der Waals surface area contributed by atoms with E-state index >= 15 is 0 Å². The number of aliphatic hydroxyl groups excluding tert-OH is 1. The van der Waals surface area contributed by atoms with Crippen LogP contribution in [0.3, 0.4) is 0 Å². The minimum Gasteiger partial charge on any atom is -0.507 e. The van der Waals surface area contributed by atoms with Crippen LogP contribution in [0.15, 0.2) is 76.8 Å². The Morgan fingerprint density at radius 3 is 2.11 bits per heavy atom. The van der Waals surface area contributed by atoms with E-state index in [4.69, 9.17) is 9.47 Å². The maximum atomic E-state index is 13.4. The monoisotopic (exact) mass is 536 g/mol. The Morgan fingerprint density at radius 1 is 0.914 bits per heavy atom. The number of ether oxygens (including phenoxy) is 2. The van der Waals surface area contributed by atoms with Crippen LogP contribution < -0.4 is 19.3 Å². The Bertz CT molecular complexity index is 1300. The highest BCUT2D eigenvalue weighted by Gasteiger charge is 2.47. The lowest BCUT2D eigenvalue weighted by atomic mass is 9.95. The highest BCUT2D eigenvalue weighted by Crippen LogP contribution is 2.44. The normalized spacial score (nSPS) is 16.9. The van der Waals surface area contributed by atoms with Gasteiger partial charge in [-0.3, -0.25) is 14.5 Å². The number of hydrogen-bond acceptors (Lipinski definition) is 6. The molecule has 1 aliphatic rings. The van der Waals surface area contributed by atoms with E-state index in [2.05, 4.69) is 15.9 Å². The van der Waals surface area contributed by atoms with Gasteiger partial charge < -0.3 is 19.5 Å². The number of methoxy groups -OCH3 is 2. The van der Waals surface area contributed by atoms with Crippen LogP contribution in [0, 0.1) is 0 Å². The smallest absolute Gasteiger partial charge is 0.300 e. The summed E-state index contributed by atoms with van der Waals surface area (Å²) in [6.45, 7) is 0. The van der Waals surface area contributed by atoms with Gasteiger partial charge in [-0.05, 0) is 42.0 Å². The van der Waals surface area contributed by atoms with E-state index in [9.17, 15) is 14.7 Å². The highest BCUT2D eigenvalue weighted by molar-refractivity contribution is 9.10. The maximum absolute atomic E-state index is 13.4. The van der Waals surface area contributed by atoms with Crippen LogP contribution in [0.4, 0.5) is 11.4 Å². The Balaban J connectivity index is 1.93. The van der Waals surface area contributed by atoms with Crippen LogP contribution >= 0.6 is 15.9 Å². The zero-order valence-electron chi connectivity index (χ0n) is 19.8. The molecule has 1 unspecified atom stereocenters. The van der Waals surface area contributed by atoms with Crippen molar-refractivity contribution < 1.29 is 24.2 Å². The Labute approximate surface area is 212 Å². The molecule has 1 fully saturated rings. The Morgan fingerprint density at radius 2 is 1.54 bits per heavy atom. The van der Waals surface area contributed by atoms with Gasteiger partial charge >= 0.3 is 0 Å². The molecular weight excluding hydrogens is 512 g/mol. The minimum atomic E-state index is -0.840. The molecule has 1 saturated heterocycles. The molecule has 1 heterocycles. The molecule has 0 bridgehead atoms. The van der Waals surface area contributed by atoms with E-state index in [0.717, 1.165) is 10.2 Å². The number of ketones is 1. The first-order valence-electron chi connectivity index (χ1n) is 10.8. The van der Waals surface area contributed by atoms with Gasteiger partial charge in [0.25, 0.3) is 11.7 Å². The fraction of sp³-hybridized carbons (Fsp3) is 0.185. The van der Waals surface area contributed by atoms with Gasteiger partial charge in [0.05, 0.1) is 25.8 Å². The lowest BCUT2D eigenvalue weighted by Gasteiger charge is -2.26. The molecule has 1 amide bonds. The third-order valence-electron chi connectivity index (χ3n) is 5.93. The molecule has 0 saturated carbocycles. The van der Waals surface area contributed by atoms with E-state index in [0.29, 0.717) is 28.3 Å². The van der Waals surface area contributed by atoms with Crippen molar-refractivity contribution in [2.45, 2.75) is 6.04 Å². The van der Waals surface area contributed by atoms with E-state index in [1.807, 2.05) is 43.3 Å².